The molecule has 0 bridgehead atoms. The van der Waals surface area contributed by atoms with Gasteiger partial charge in [-0.2, -0.15) is 5.26 Å². The minimum atomic E-state index is -0.397. The molecule has 6 rings (SSSR count). The standard InChI is InChI=1S/C30H31N7O4S/c31-13-21(9-11-38)29(40)36-10-1-2-22(36)17-37-24-6-5-20(15-32-14-19-3-4-19)12-23(24)34-30(37)35-28(39)27-8-7-26(42-27)25-16-33-18-41-25/h5-9,12,16,18-19,22,32,38H,1-4,10-11,14-15,17H2,(H,34,35,39)/b21-9+/t22-/m1/s1. The van der Waals surface area contributed by atoms with E-state index in [0.717, 1.165) is 53.3 Å². The zero-order chi connectivity index (χ0) is 29.1. The van der Waals surface area contributed by atoms with E-state index in [2.05, 4.69) is 21.7 Å². The van der Waals surface area contributed by atoms with E-state index in [1.807, 2.05) is 28.8 Å². The van der Waals surface area contributed by atoms with Gasteiger partial charge in [0.1, 0.15) is 11.6 Å². The van der Waals surface area contributed by atoms with Gasteiger partial charge in [-0.25, -0.2) is 9.97 Å². The second-order valence-corrected chi connectivity index (χ2v) is 11.7. The second kappa shape index (κ2) is 12.3. The summed E-state index contributed by atoms with van der Waals surface area (Å²) in [5.74, 6) is 1.06. The number of fused-ring (bicyclic) bond motifs is 1. The van der Waals surface area contributed by atoms with Crippen LogP contribution in [0.1, 0.15) is 40.9 Å². The molecule has 1 saturated carbocycles. The van der Waals surface area contributed by atoms with Gasteiger partial charge in [0.25, 0.3) is 11.8 Å². The number of hydrogen-bond acceptors (Lipinski definition) is 9. The molecule has 1 atom stereocenters. The Kier molecular flexibility index (Phi) is 8.14. The van der Waals surface area contributed by atoms with Crippen LogP contribution in [0, 0.1) is 17.2 Å². The molecular weight excluding hydrogens is 554 g/mol. The van der Waals surface area contributed by atoms with Gasteiger partial charge in [0.15, 0.2) is 12.2 Å². The van der Waals surface area contributed by atoms with E-state index in [1.165, 1.54) is 36.6 Å². The zero-order valence-electron chi connectivity index (χ0n) is 23.0. The first-order valence-corrected chi connectivity index (χ1v) is 14.9. The molecule has 0 unspecified atom stereocenters. The number of aromatic nitrogens is 3. The van der Waals surface area contributed by atoms with E-state index in [0.29, 0.717) is 29.7 Å². The first kappa shape index (κ1) is 27.8. The van der Waals surface area contributed by atoms with E-state index in [-0.39, 0.29) is 24.1 Å². The minimum absolute atomic E-state index is 0.0722. The maximum atomic E-state index is 13.4. The molecule has 2 aliphatic rings. The van der Waals surface area contributed by atoms with Crippen molar-refractivity contribution in [3.8, 4) is 16.7 Å². The van der Waals surface area contributed by atoms with Crippen LogP contribution in [0.25, 0.3) is 21.7 Å². The van der Waals surface area contributed by atoms with Crippen LogP contribution < -0.4 is 10.6 Å². The van der Waals surface area contributed by atoms with Crippen LogP contribution in [-0.4, -0.2) is 62.1 Å². The van der Waals surface area contributed by atoms with Crippen molar-refractivity contribution in [1.29, 1.82) is 5.26 Å². The summed E-state index contributed by atoms with van der Waals surface area (Å²) < 4.78 is 7.31. The number of nitrogens with zero attached hydrogens (tertiary/aromatic N) is 5. The molecule has 3 aromatic heterocycles. The first-order valence-electron chi connectivity index (χ1n) is 14.1. The molecule has 1 aliphatic heterocycles. The molecular formula is C30H31N7O4S. The van der Waals surface area contributed by atoms with Crippen molar-refractivity contribution in [3.05, 3.63) is 65.0 Å². The Hall–Kier alpha value is -4.31. The normalized spacial score (nSPS) is 17.1. The summed E-state index contributed by atoms with van der Waals surface area (Å²) in [6.07, 6.45) is 8.30. The van der Waals surface area contributed by atoms with Crippen LogP contribution in [0.4, 0.5) is 5.95 Å². The predicted molar refractivity (Wildman–Crippen MR) is 157 cm³/mol. The molecule has 12 heteroatoms. The van der Waals surface area contributed by atoms with E-state index in [4.69, 9.17) is 9.40 Å². The molecule has 2 fully saturated rings. The number of nitriles is 1. The number of aliphatic hydroxyl groups is 1. The fourth-order valence-electron chi connectivity index (χ4n) is 5.33. The molecule has 216 valence electrons. The maximum absolute atomic E-state index is 13.4. The van der Waals surface area contributed by atoms with Crippen molar-refractivity contribution in [2.45, 2.75) is 44.8 Å². The summed E-state index contributed by atoms with van der Waals surface area (Å²) in [6.45, 7) is 2.26. The number of carbonyl (C=O) groups is 2. The Bertz CT molecular complexity index is 1660. The highest BCUT2D eigenvalue weighted by Crippen LogP contribution is 2.31. The number of imidazole rings is 1. The first-order chi connectivity index (χ1) is 20.5. The second-order valence-electron chi connectivity index (χ2n) is 10.6. The number of nitrogens with one attached hydrogen (secondary N) is 2. The van der Waals surface area contributed by atoms with E-state index in [9.17, 15) is 20.0 Å². The summed E-state index contributed by atoms with van der Waals surface area (Å²) in [6, 6.07) is 11.4. The van der Waals surface area contributed by atoms with Gasteiger partial charge in [-0.1, -0.05) is 6.07 Å². The summed E-state index contributed by atoms with van der Waals surface area (Å²) in [5, 5.41) is 25.2. The summed E-state index contributed by atoms with van der Waals surface area (Å²) >= 11 is 1.30. The van der Waals surface area contributed by atoms with Crippen LogP contribution in [0.15, 0.2) is 59.0 Å². The van der Waals surface area contributed by atoms with E-state index in [1.54, 1.807) is 17.2 Å². The van der Waals surface area contributed by atoms with Crippen LogP contribution in [-0.2, 0) is 17.9 Å². The average molecular weight is 586 g/mol. The fraction of sp³-hybridized carbons (Fsp3) is 0.367. The molecule has 4 heterocycles. The highest BCUT2D eigenvalue weighted by atomic mass is 32.1. The van der Waals surface area contributed by atoms with Crippen molar-refractivity contribution in [2.24, 2.45) is 5.92 Å². The number of thiophene rings is 1. The molecule has 11 nitrogen and oxygen atoms in total. The molecule has 3 N–H and O–H groups in total. The highest BCUT2D eigenvalue weighted by Gasteiger charge is 2.32. The maximum Gasteiger partial charge on any atom is 0.268 e. The molecule has 1 aromatic carbocycles. The molecule has 1 saturated heterocycles. The number of likely N-dealkylation sites (tertiary alicyclic amines) is 1. The number of anilines is 1. The Morgan fingerprint density at radius 2 is 2.12 bits per heavy atom. The van der Waals surface area contributed by atoms with Gasteiger partial charge in [-0.05, 0) is 74.1 Å². The lowest BCUT2D eigenvalue weighted by molar-refractivity contribution is -0.127. The average Bonchev–Trinajstić information content (AvgIpc) is 3.44. The number of rotatable bonds is 11. The lowest BCUT2D eigenvalue weighted by atomic mass is 10.1. The summed E-state index contributed by atoms with van der Waals surface area (Å²) in [5.41, 5.74) is 2.62. The van der Waals surface area contributed by atoms with Gasteiger partial charge >= 0.3 is 0 Å². The van der Waals surface area contributed by atoms with E-state index < -0.39 is 5.91 Å². The number of oxazole rings is 1. The lowest BCUT2D eigenvalue weighted by Crippen LogP contribution is -2.39. The SMILES string of the molecule is N#C/C(=C\CO)C(=O)N1CCC[C@@H]1Cn1c(NC(=O)c2ccc(-c3cnco3)s2)nc2cc(CNCC3CC3)ccc21. The van der Waals surface area contributed by atoms with Gasteiger partial charge in [0, 0.05) is 19.6 Å². The highest BCUT2D eigenvalue weighted by molar-refractivity contribution is 7.17. The van der Waals surface area contributed by atoms with Crippen molar-refractivity contribution in [2.75, 3.05) is 25.0 Å². The summed E-state index contributed by atoms with van der Waals surface area (Å²) in [7, 11) is 0. The Morgan fingerprint density at radius 1 is 1.24 bits per heavy atom. The van der Waals surface area contributed by atoms with Crippen LogP contribution in [0.5, 0.6) is 0 Å². The van der Waals surface area contributed by atoms with Crippen LogP contribution in [0.3, 0.4) is 0 Å². The molecule has 2 amide bonds. The smallest absolute Gasteiger partial charge is 0.268 e. The van der Waals surface area contributed by atoms with Gasteiger partial charge in [-0.3, -0.25) is 14.9 Å². The fourth-order valence-corrected chi connectivity index (χ4v) is 6.19. The molecule has 0 radical (unpaired) electrons. The van der Waals surface area contributed by atoms with Gasteiger partial charge < -0.3 is 24.3 Å². The monoisotopic (exact) mass is 585 g/mol. The lowest BCUT2D eigenvalue weighted by Gasteiger charge is -2.25. The quantitative estimate of drug-likeness (QED) is 0.177. The molecule has 4 aromatic rings. The van der Waals surface area contributed by atoms with Crippen molar-refractivity contribution < 1.29 is 19.1 Å². The van der Waals surface area contributed by atoms with Crippen LogP contribution >= 0.6 is 11.3 Å². The molecule has 1 aliphatic carbocycles. The van der Waals surface area contributed by atoms with Crippen molar-refractivity contribution in [1.82, 2.24) is 24.8 Å². The number of hydrogen-bond donors (Lipinski definition) is 3. The minimum Gasteiger partial charge on any atom is -0.443 e. The Morgan fingerprint density at radius 3 is 2.88 bits per heavy atom. The number of benzene rings is 1. The predicted octanol–water partition coefficient (Wildman–Crippen LogP) is 3.94. The number of amides is 2. The molecule has 42 heavy (non-hydrogen) atoms. The van der Waals surface area contributed by atoms with Gasteiger partial charge in [0.2, 0.25) is 5.95 Å². The Labute approximate surface area is 246 Å². The van der Waals surface area contributed by atoms with Gasteiger partial charge in [0.05, 0.1) is 39.6 Å². The van der Waals surface area contributed by atoms with Crippen LogP contribution in [0.2, 0.25) is 0 Å². The zero-order valence-corrected chi connectivity index (χ0v) is 23.8. The third kappa shape index (κ3) is 5.99. The van der Waals surface area contributed by atoms with Gasteiger partial charge in [-0.15, -0.1) is 11.3 Å². The molecule has 0 spiro atoms. The Balaban J connectivity index is 1.28. The third-order valence-corrected chi connectivity index (χ3v) is 8.78. The topological polar surface area (TPSA) is 149 Å². The summed E-state index contributed by atoms with van der Waals surface area (Å²) in [4.78, 5) is 38.2. The van der Waals surface area contributed by atoms with E-state index >= 15 is 0 Å². The third-order valence-electron chi connectivity index (χ3n) is 7.68. The number of aliphatic hydroxyl groups excluding tert-OH is 1. The van der Waals surface area contributed by atoms with Crippen molar-refractivity contribution in [3.63, 3.8) is 0 Å². The van der Waals surface area contributed by atoms with Crippen molar-refractivity contribution >= 4 is 40.1 Å². The largest absolute Gasteiger partial charge is 0.443 e. The number of carbonyl (C=O) groups excluding carboxylic acids is 2.